The van der Waals surface area contributed by atoms with E-state index in [0.29, 0.717) is 6.61 Å². The van der Waals surface area contributed by atoms with E-state index < -0.39 is 11.5 Å². The number of aromatic amines is 1. The number of carbonyl (C=O) groups excluding carboxylic acids is 1. The number of carboxylic acid groups (broad SMARTS) is 1. The summed E-state index contributed by atoms with van der Waals surface area (Å²) in [6.45, 7) is 2.77. The van der Waals surface area contributed by atoms with Gasteiger partial charge in [-0.1, -0.05) is 43.1 Å². The molecule has 0 aliphatic carbocycles. The van der Waals surface area contributed by atoms with Crippen molar-refractivity contribution in [3.05, 3.63) is 69.8 Å². The normalized spacial score (nSPS) is 11.6. The Morgan fingerprint density at radius 1 is 1.25 bits per heavy atom. The maximum atomic E-state index is 12.2. The molecule has 7 heteroatoms. The van der Waals surface area contributed by atoms with Gasteiger partial charge in [-0.15, -0.1) is 0 Å². The van der Waals surface area contributed by atoms with Gasteiger partial charge in [0, 0.05) is 0 Å². The van der Waals surface area contributed by atoms with Crippen molar-refractivity contribution in [3.8, 4) is 5.75 Å². The third-order valence-electron chi connectivity index (χ3n) is 4.11. The molecule has 1 heterocycles. The predicted octanol–water partition coefficient (Wildman–Crippen LogP) is 3.20. The minimum Gasteiger partial charge on any atom is -0.545 e. The molecule has 28 heavy (non-hydrogen) atoms. The number of carbonyl (C=O) groups is 1. The molecule has 0 saturated carbocycles. The molecule has 2 aromatic carbocycles. The van der Waals surface area contributed by atoms with E-state index in [1.54, 1.807) is 6.08 Å². The fourth-order valence-electron chi connectivity index (χ4n) is 2.59. The molecule has 3 aromatic rings. The van der Waals surface area contributed by atoms with E-state index in [-0.39, 0.29) is 27.3 Å². The Morgan fingerprint density at radius 2 is 2.00 bits per heavy atom. The van der Waals surface area contributed by atoms with E-state index in [2.05, 4.69) is 16.9 Å². The number of carboxylic acids is 1. The Labute approximate surface area is 166 Å². The lowest BCUT2D eigenvalue weighted by Crippen LogP contribution is -2.22. The molecule has 0 radical (unpaired) electrons. The number of hydrogen-bond donors (Lipinski definition) is 1. The van der Waals surface area contributed by atoms with Gasteiger partial charge in [-0.05, 0) is 47.9 Å². The van der Waals surface area contributed by atoms with E-state index in [4.69, 9.17) is 16.3 Å². The van der Waals surface area contributed by atoms with Crippen molar-refractivity contribution >= 4 is 39.6 Å². The zero-order valence-corrected chi connectivity index (χ0v) is 16.0. The topological polar surface area (TPSA) is 95.1 Å². The molecule has 0 aliphatic heterocycles. The number of halogens is 1. The summed E-state index contributed by atoms with van der Waals surface area (Å²) in [4.78, 5) is 30.2. The molecule has 0 aliphatic rings. The van der Waals surface area contributed by atoms with Crippen molar-refractivity contribution < 1.29 is 14.6 Å². The fourth-order valence-corrected chi connectivity index (χ4v) is 2.80. The first-order chi connectivity index (χ1) is 13.5. The lowest BCUT2D eigenvalue weighted by Gasteiger charge is -2.06. The van der Waals surface area contributed by atoms with E-state index in [1.165, 1.54) is 18.2 Å². The number of benzene rings is 2. The third-order valence-corrected chi connectivity index (χ3v) is 4.40. The van der Waals surface area contributed by atoms with Crippen LogP contribution in [0, 0.1) is 0 Å². The van der Waals surface area contributed by atoms with Crippen LogP contribution in [0.2, 0.25) is 0 Å². The molecule has 0 atom stereocenters. The minimum absolute atomic E-state index is 0.0599. The molecule has 0 bridgehead atoms. The Kier molecular flexibility index (Phi) is 6.11. The molecule has 144 valence electrons. The molecule has 0 spiro atoms. The van der Waals surface area contributed by atoms with Gasteiger partial charge in [-0.25, -0.2) is 4.98 Å². The average Bonchev–Trinajstić information content (AvgIpc) is 2.69. The van der Waals surface area contributed by atoms with Gasteiger partial charge in [-0.3, -0.25) is 4.79 Å². The molecule has 0 unspecified atom stereocenters. The van der Waals surface area contributed by atoms with Crippen molar-refractivity contribution in [2.75, 3.05) is 6.61 Å². The van der Waals surface area contributed by atoms with Crippen LogP contribution in [0.5, 0.6) is 5.75 Å². The van der Waals surface area contributed by atoms with Gasteiger partial charge in [0.25, 0.3) is 5.56 Å². The number of unbranched alkanes of at least 4 members (excludes halogenated alkanes) is 1. The van der Waals surface area contributed by atoms with Gasteiger partial charge >= 0.3 is 0 Å². The minimum atomic E-state index is -1.34. The summed E-state index contributed by atoms with van der Waals surface area (Å²) < 4.78 is 5.62. The predicted molar refractivity (Wildman–Crippen MR) is 107 cm³/mol. The number of ether oxygens (including phenoxy) is 1. The Morgan fingerprint density at radius 3 is 2.68 bits per heavy atom. The number of aromatic nitrogens is 2. The number of fused-ring (bicyclic) bond motifs is 1. The molecular weight excluding hydrogens is 380 g/mol. The highest BCUT2D eigenvalue weighted by molar-refractivity contribution is 6.50. The van der Waals surface area contributed by atoms with Crippen LogP contribution in [0.1, 0.15) is 41.5 Å². The van der Waals surface area contributed by atoms with Crippen molar-refractivity contribution in [2.24, 2.45) is 0 Å². The van der Waals surface area contributed by atoms with Gasteiger partial charge in [-0.2, -0.15) is 0 Å². The zero-order chi connectivity index (χ0) is 20.1. The van der Waals surface area contributed by atoms with Crippen molar-refractivity contribution in [2.45, 2.75) is 19.8 Å². The van der Waals surface area contributed by atoms with E-state index in [1.807, 2.05) is 24.3 Å². The molecule has 0 saturated heterocycles. The number of rotatable bonds is 7. The first kappa shape index (κ1) is 19.6. The van der Waals surface area contributed by atoms with Gasteiger partial charge in [0.15, 0.2) is 5.82 Å². The zero-order valence-electron chi connectivity index (χ0n) is 15.2. The number of aromatic carboxylic acids is 1. The van der Waals surface area contributed by atoms with Crippen LogP contribution in [-0.4, -0.2) is 22.5 Å². The Balaban J connectivity index is 1.88. The summed E-state index contributed by atoms with van der Waals surface area (Å²) in [5, 5.41) is 11.5. The second-order valence-corrected chi connectivity index (χ2v) is 6.60. The van der Waals surface area contributed by atoms with E-state index in [0.717, 1.165) is 24.2 Å². The van der Waals surface area contributed by atoms with E-state index >= 15 is 0 Å². The number of nitrogens with one attached hydrogen (secondary N) is 1. The molecule has 3 rings (SSSR count). The highest BCUT2D eigenvalue weighted by Crippen LogP contribution is 2.22. The lowest BCUT2D eigenvalue weighted by molar-refractivity contribution is -0.255. The van der Waals surface area contributed by atoms with Crippen LogP contribution < -0.4 is 15.4 Å². The summed E-state index contributed by atoms with van der Waals surface area (Å²) in [7, 11) is 0. The molecule has 1 aromatic heterocycles. The van der Waals surface area contributed by atoms with Crippen LogP contribution in [-0.2, 0) is 0 Å². The summed E-state index contributed by atoms with van der Waals surface area (Å²) >= 11 is 6.33. The van der Waals surface area contributed by atoms with E-state index in [9.17, 15) is 14.7 Å². The van der Waals surface area contributed by atoms with Gasteiger partial charge in [0.05, 0.1) is 28.5 Å². The molecule has 0 fully saturated rings. The van der Waals surface area contributed by atoms with Gasteiger partial charge in [0.2, 0.25) is 0 Å². The summed E-state index contributed by atoms with van der Waals surface area (Å²) in [5.74, 6) is -0.417. The van der Waals surface area contributed by atoms with Crippen LogP contribution in [0.25, 0.3) is 22.0 Å². The molecular formula is C21H18ClN2O4-. The highest BCUT2D eigenvalue weighted by atomic mass is 35.5. The highest BCUT2D eigenvalue weighted by Gasteiger charge is 2.08. The summed E-state index contributed by atoms with van der Waals surface area (Å²) in [5.41, 5.74) is 0.567. The summed E-state index contributed by atoms with van der Waals surface area (Å²) in [6, 6.07) is 11.4. The summed E-state index contributed by atoms with van der Waals surface area (Å²) in [6.07, 6.45) is 3.72. The van der Waals surface area contributed by atoms with Crippen molar-refractivity contribution in [1.29, 1.82) is 0 Å². The van der Waals surface area contributed by atoms with Crippen molar-refractivity contribution in [1.82, 2.24) is 9.97 Å². The van der Waals surface area contributed by atoms with Crippen LogP contribution >= 0.6 is 11.6 Å². The molecule has 1 N–H and O–H groups in total. The lowest BCUT2D eigenvalue weighted by atomic mass is 10.1. The smallest absolute Gasteiger partial charge is 0.259 e. The van der Waals surface area contributed by atoms with Crippen LogP contribution in [0.4, 0.5) is 0 Å². The second kappa shape index (κ2) is 8.71. The van der Waals surface area contributed by atoms with Crippen LogP contribution in [0.15, 0.2) is 47.3 Å². The quantitative estimate of drug-likeness (QED) is 0.617. The molecule has 0 amide bonds. The van der Waals surface area contributed by atoms with Crippen molar-refractivity contribution in [3.63, 3.8) is 0 Å². The monoisotopic (exact) mass is 397 g/mol. The standard InChI is InChI=1S/C21H19ClN2O4/c1-2-3-10-28-15-7-4-13(5-8-15)11-17(22)19-23-18-12-14(21(26)27)6-9-16(18)20(25)24-19/h4-9,11-12H,2-3,10H2,1H3,(H,26,27)(H,23,24,25)/p-1/b17-11-. The number of hydrogen-bond acceptors (Lipinski definition) is 5. The largest absolute Gasteiger partial charge is 0.545 e. The first-order valence-electron chi connectivity index (χ1n) is 8.84. The second-order valence-electron chi connectivity index (χ2n) is 6.20. The molecule has 6 nitrogen and oxygen atoms in total. The van der Waals surface area contributed by atoms with Gasteiger partial charge < -0.3 is 19.6 Å². The number of H-pyrrole nitrogens is 1. The fraction of sp³-hybridized carbons (Fsp3) is 0.190. The Bertz CT molecular complexity index is 1090. The van der Waals surface area contributed by atoms with Gasteiger partial charge in [0.1, 0.15) is 5.75 Å². The maximum absolute atomic E-state index is 12.2. The maximum Gasteiger partial charge on any atom is 0.259 e. The Hall–Kier alpha value is -3.12. The first-order valence-corrected chi connectivity index (χ1v) is 9.21. The third kappa shape index (κ3) is 4.58. The SMILES string of the molecule is CCCCOc1ccc(/C=C(\Cl)c2nc3cc(C(=O)[O-])ccc3c(=O)[nH]2)cc1. The number of nitrogens with zero attached hydrogens (tertiary/aromatic N) is 1. The average molecular weight is 398 g/mol. The van der Waals surface area contributed by atoms with Crippen LogP contribution in [0.3, 0.4) is 0 Å².